The van der Waals surface area contributed by atoms with Crippen molar-refractivity contribution in [3.63, 3.8) is 0 Å². The van der Waals surface area contributed by atoms with E-state index in [9.17, 15) is 4.79 Å². The van der Waals surface area contributed by atoms with Crippen LogP contribution < -0.4 is 11.2 Å². The SMILES string of the molecule is Cc1c(-c2ccccc2)oc2c(-c3nc(C4(N)CCCC4)no3)cccc2c1=O. The van der Waals surface area contributed by atoms with Crippen LogP contribution in [0.25, 0.3) is 33.7 Å². The summed E-state index contributed by atoms with van der Waals surface area (Å²) in [7, 11) is 0. The molecule has 1 aliphatic carbocycles. The highest BCUT2D eigenvalue weighted by molar-refractivity contribution is 5.91. The topological polar surface area (TPSA) is 95.2 Å². The van der Waals surface area contributed by atoms with Crippen LogP contribution in [0, 0.1) is 6.92 Å². The van der Waals surface area contributed by atoms with Gasteiger partial charge in [0.25, 0.3) is 5.89 Å². The maximum absolute atomic E-state index is 13.0. The van der Waals surface area contributed by atoms with Gasteiger partial charge in [-0.1, -0.05) is 54.4 Å². The van der Waals surface area contributed by atoms with Gasteiger partial charge < -0.3 is 14.7 Å². The third-order valence-electron chi connectivity index (χ3n) is 5.78. The molecule has 2 heterocycles. The Bertz CT molecular complexity index is 1250. The fourth-order valence-electron chi connectivity index (χ4n) is 4.11. The van der Waals surface area contributed by atoms with Crippen molar-refractivity contribution in [2.75, 3.05) is 0 Å². The van der Waals surface area contributed by atoms with Gasteiger partial charge in [0.2, 0.25) is 0 Å². The predicted molar refractivity (Wildman–Crippen MR) is 110 cm³/mol. The van der Waals surface area contributed by atoms with Crippen LogP contribution in [-0.4, -0.2) is 10.1 Å². The lowest BCUT2D eigenvalue weighted by Gasteiger charge is -2.17. The van der Waals surface area contributed by atoms with Crippen LogP contribution in [0.4, 0.5) is 0 Å². The molecule has 2 aromatic heterocycles. The molecule has 0 spiro atoms. The molecule has 146 valence electrons. The van der Waals surface area contributed by atoms with Crippen molar-refractivity contribution in [3.8, 4) is 22.8 Å². The zero-order valence-corrected chi connectivity index (χ0v) is 16.1. The molecule has 0 amide bonds. The van der Waals surface area contributed by atoms with E-state index in [0.29, 0.717) is 39.6 Å². The number of hydrogen-bond acceptors (Lipinski definition) is 6. The Kier molecular flexibility index (Phi) is 4.10. The molecule has 6 nitrogen and oxygen atoms in total. The van der Waals surface area contributed by atoms with Gasteiger partial charge in [0.15, 0.2) is 16.8 Å². The van der Waals surface area contributed by atoms with Crippen molar-refractivity contribution in [3.05, 3.63) is 70.1 Å². The van der Waals surface area contributed by atoms with Crippen molar-refractivity contribution in [1.29, 1.82) is 0 Å². The third-order valence-corrected chi connectivity index (χ3v) is 5.78. The van der Waals surface area contributed by atoms with Crippen molar-refractivity contribution in [2.45, 2.75) is 38.1 Å². The number of nitrogens with two attached hydrogens (primary N) is 1. The highest BCUT2D eigenvalue weighted by atomic mass is 16.5. The highest BCUT2D eigenvalue weighted by Gasteiger charge is 2.36. The van der Waals surface area contributed by atoms with Gasteiger partial charge in [-0.25, -0.2) is 0 Å². The van der Waals surface area contributed by atoms with Crippen LogP contribution in [0.2, 0.25) is 0 Å². The second kappa shape index (κ2) is 6.67. The van der Waals surface area contributed by atoms with Crippen LogP contribution in [0.5, 0.6) is 0 Å². The zero-order valence-electron chi connectivity index (χ0n) is 16.1. The van der Waals surface area contributed by atoms with E-state index in [1.807, 2.05) is 36.4 Å². The second-order valence-corrected chi connectivity index (χ2v) is 7.72. The molecule has 0 radical (unpaired) electrons. The Hall–Kier alpha value is -3.25. The van der Waals surface area contributed by atoms with E-state index >= 15 is 0 Å². The molecule has 1 saturated carbocycles. The summed E-state index contributed by atoms with van der Waals surface area (Å²) in [4.78, 5) is 17.6. The molecular formula is C23H21N3O3. The van der Waals surface area contributed by atoms with Gasteiger partial charge in [-0.3, -0.25) is 4.79 Å². The zero-order chi connectivity index (χ0) is 20.0. The minimum Gasteiger partial charge on any atom is -0.455 e. The van der Waals surface area contributed by atoms with Gasteiger partial charge in [-0.15, -0.1) is 0 Å². The highest BCUT2D eigenvalue weighted by Crippen LogP contribution is 2.37. The minimum absolute atomic E-state index is 0.0715. The summed E-state index contributed by atoms with van der Waals surface area (Å²) in [5.41, 5.74) is 8.30. The number of nitrogens with zero attached hydrogens (tertiary/aromatic N) is 2. The van der Waals surface area contributed by atoms with E-state index in [0.717, 1.165) is 31.2 Å². The smallest absolute Gasteiger partial charge is 0.261 e. The average molecular weight is 387 g/mol. The largest absolute Gasteiger partial charge is 0.455 e. The summed E-state index contributed by atoms with van der Waals surface area (Å²) in [5, 5.41) is 4.63. The number of fused-ring (bicyclic) bond motifs is 1. The molecule has 5 rings (SSSR count). The maximum Gasteiger partial charge on any atom is 0.261 e. The Morgan fingerprint density at radius 1 is 1.03 bits per heavy atom. The molecule has 0 bridgehead atoms. The summed E-state index contributed by atoms with van der Waals surface area (Å²) in [6, 6.07) is 15.0. The van der Waals surface area contributed by atoms with Crippen LogP contribution in [0.15, 0.2) is 62.3 Å². The second-order valence-electron chi connectivity index (χ2n) is 7.72. The molecule has 2 N–H and O–H groups in total. The van der Waals surface area contributed by atoms with Crippen molar-refractivity contribution >= 4 is 11.0 Å². The first kappa shape index (κ1) is 17.8. The standard InChI is InChI=1S/C23H21N3O3/c1-14-18(27)16-10-7-11-17(20(16)28-19(14)15-8-3-2-4-9-15)21-25-22(26-29-21)23(24)12-5-6-13-23/h2-4,7-11H,5-6,12-13,24H2,1H3. The lowest BCUT2D eigenvalue weighted by atomic mass is 9.98. The summed E-state index contributed by atoms with van der Waals surface area (Å²) in [6.07, 6.45) is 3.80. The van der Waals surface area contributed by atoms with Crippen LogP contribution in [0.1, 0.15) is 37.1 Å². The van der Waals surface area contributed by atoms with E-state index in [4.69, 9.17) is 14.7 Å². The first-order valence-corrected chi connectivity index (χ1v) is 9.82. The minimum atomic E-state index is -0.543. The van der Waals surface area contributed by atoms with Crippen LogP contribution in [-0.2, 0) is 5.54 Å². The van der Waals surface area contributed by atoms with E-state index in [-0.39, 0.29) is 5.43 Å². The monoisotopic (exact) mass is 387 g/mol. The summed E-state index contributed by atoms with van der Waals surface area (Å²) in [6.45, 7) is 1.78. The quantitative estimate of drug-likeness (QED) is 0.554. The summed E-state index contributed by atoms with van der Waals surface area (Å²) < 4.78 is 11.8. The van der Waals surface area contributed by atoms with Crippen molar-refractivity contribution in [1.82, 2.24) is 10.1 Å². The Labute approximate surface area is 167 Å². The molecule has 0 saturated heterocycles. The van der Waals surface area contributed by atoms with Gasteiger partial charge in [0.05, 0.1) is 16.5 Å². The summed E-state index contributed by atoms with van der Waals surface area (Å²) in [5.74, 6) is 1.37. The molecule has 4 aromatic rings. The number of rotatable bonds is 3. The molecule has 29 heavy (non-hydrogen) atoms. The molecular weight excluding hydrogens is 366 g/mol. The normalized spacial score (nSPS) is 15.8. The molecule has 1 aliphatic rings. The molecule has 0 unspecified atom stereocenters. The number of hydrogen-bond donors (Lipinski definition) is 1. The predicted octanol–water partition coefficient (Wildman–Crippen LogP) is 4.55. The maximum atomic E-state index is 13.0. The Morgan fingerprint density at radius 3 is 2.55 bits per heavy atom. The molecule has 6 heteroatoms. The van der Waals surface area contributed by atoms with E-state index in [2.05, 4.69) is 10.1 Å². The Morgan fingerprint density at radius 2 is 1.79 bits per heavy atom. The van der Waals surface area contributed by atoms with Crippen LogP contribution in [0.3, 0.4) is 0 Å². The van der Waals surface area contributed by atoms with E-state index in [1.165, 1.54) is 0 Å². The lowest BCUT2D eigenvalue weighted by molar-refractivity contribution is 0.372. The fourth-order valence-corrected chi connectivity index (χ4v) is 4.11. The Balaban J connectivity index is 1.70. The summed E-state index contributed by atoms with van der Waals surface area (Å²) >= 11 is 0. The average Bonchev–Trinajstić information content (AvgIpc) is 3.41. The lowest BCUT2D eigenvalue weighted by Crippen LogP contribution is -2.34. The van der Waals surface area contributed by atoms with E-state index < -0.39 is 5.54 Å². The first-order valence-electron chi connectivity index (χ1n) is 9.82. The van der Waals surface area contributed by atoms with Crippen LogP contribution >= 0.6 is 0 Å². The number of aromatic nitrogens is 2. The third kappa shape index (κ3) is 2.87. The van der Waals surface area contributed by atoms with Gasteiger partial charge in [-0.2, -0.15) is 4.98 Å². The molecule has 1 fully saturated rings. The molecule has 0 atom stereocenters. The van der Waals surface area contributed by atoms with Gasteiger partial charge in [0, 0.05) is 11.1 Å². The number of benzene rings is 2. The fraction of sp³-hybridized carbons (Fsp3) is 0.261. The number of para-hydroxylation sites is 1. The molecule has 2 aromatic carbocycles. The van der Waals surface area contributed by atoms with Gasteiger partial charge in [-0.05, 0) is 31.9 Å². The van der Waals surface area contributed by atoms with E-state index in [1.54, 1.807) is 19.1 Å². The molecule has 0 aliphatic heterocycles. The van der Waals surface area contributed by atoms with Gasteiger partial charge in [0.1, 0.15) is 5.76 Å². The first-order chi connectivity index (χ1) is 14.1. The van der Waals surface area contributed by atoms with Gasteiger partial charge >= 0.3 is 0 Å². The van der Waals surface area contributed by atoms with Crippen molar-refractivity contribution < 1.29 is 8.94 Å². The van der Waals surface area contributed by atoms with Crippen molar-refractivity contribution in [2.24, 2.45) is 5.73 Å².